The van der Waals surface area contributed by atoms with Gasteiger partial charge in [0.25, 0.3) is 0 Å². The number of aliphatic hydroxyl groups is 1. The van der Waals surface area contributed by atoms with Crippen molar-refractivity contribution >= 4 is 39.5 Å². The van der Waals surface area contributed by atoms with Crippen molar-refractivity contribution in [3.8, 4) is 0 Å². The largest absolute Gasteiger partial charge is 0.472 e. The van der Waals surface area contributed by atoms with E-state index in [1.165, 1.54) is 122 Å². The highest BCUT2D eigenvalue weighted by atomic mass is 31.2. The Labute approximate surface area is 524 Å². The number of hydrogen-bond acceptors (Lipinski definition) is 15. The van der Waals surface area contributed by atoms with E-state index < -0.39 is 97.5 Å². The van der Waals surface area contributed by atoms with Gasteiger partial charge in [-0.3, -0.25) is 37.3 Å². The summed E-state index contributed by atoms with van der Waals surface area (Å²) in [6.45, 7) is 14.0. The van der Waals surface area contributed by atoms with Gasteiger partial charge >= 0.3 is 39.5 Å². The van der Waals surface area contributed by atoms with Crippen molar-refractivity contribution in [2.45, 2.75) is 343 Å². The molecule has 6 atom stereocenters. The smallest absolute Gasteiger partial charge is 0.462 e. The van der Waals surface area contributed by atoms with Gasteiger partial charge in [0.1, 0.15) is 19.3 Å². The Hall–Kier alpha value is -1.94. The first-order chi connectivity index (χ1) is 41.1. The van der Waals surface area contributed by atoms with Crippen molar-refractivity contribution in [1.82, 2.24) is 0 Å². The summed E-state index contributed by atoms with van der Waals surface area (Å²) < 4.78 is 68.1. The van der Waals surface area contributed by atoms with Gasteiger partial charge in [0.05, 0.1) is 26.4 Å². The van der Waals surface area contributed by atoms with Crippen LogP contribution in [0.5, 0.6) is 0 Å². The summed E-state index contributed by atoms with van der Waals surface area (Å²) in [5, 5.41) is 10.6. The van der Waals surface area contributed by atoms with E-state index in [0.29, 0.717) is 37.5 Å². The minimum atomic E-state index is -4.95. The molecule has 19 heteroatoms. The maximum Gasteiger partial charge on any atom is 0.472 e. The molecule has 3 N–H and O–H groups in total. The molecule has 0 saturated heterocycles. The molecule has 86 heavy (non-hydrogen) atoms. The summed E-state index contributed by atoms with van der Waals surface area (Å²) in [5.41, 5.74) is 0. The molecule has 0 aromatic carbocycles. The van der Waals surface area contributed by atoms with Gasteiger partial charge in [-0.05, 0) is 49.4 Å². The Bertz CT molecular complexity index is 1720. The second kappa shape index (κ2) is 57.0. The minimum Gasteiger partial charge on any atom is -0.462 e. The van der Waals surface area contributed by atoms with Gasteiger partial charge in [-0.25, -0.2) is 9.13 Å². The summed E-state index contributed by atoms with van der Waals surface area (Å²) in [6.07, 6.45) is 37.8. The van der Waals surface area contributed by atoms with E-state index >= 15 is 0 Å². The van der Waals surface area contributed by atoms with E-state index in [1.807, 2.05) is 0 Å². The number of carbonyl (C=O) groups is 4. The van der Waals surface area contributed by atoms with Crippen LogP contribution in [0.1, 0.15) is 325 Å². The fraction of sp³-hybridized carbons (Fsp3) is 0.940. The molecule has 0 heterocycles. The van der Waals surface area contributed by atoms with Crippen LogP contribution in [-0.4, -0.2) is 96.7 Å². The third-order valence-corrected chi connectivity index (χ3v) is 17.6. The first-order valence-corrected chi connectivity index (χ1v) is 37.7. The number of aliphatic hydroxyl groups excluding tert-OH is 1. The predicted molar refractivity (Wildman–Crippen MR) is 344 cm³/mol. The normalized spacial score (nSPS) is 14.7. The molecule has 0 aliphatic heterocycles. The van der Waals surface area contributed by atoms with E-state index in [9.17, 15) is 43.2 Å². The van der Waals surface area contributed by atoms with Gasteiger partial charge in [-0.1, -0.05) is 274 Å². The average molecular weight is 1270 g/mol. The Balaban J connectivity index is 5.24. The molecule has 0 saturated carbocycles. The molecule has 0 rings (SSSR count). The van der Waals surface area contributed by atoms with Crippen molar-refractivity contribution < 1.29 is 80.2 Å². The molecule has 0 aliphatic carbocycles. The summed E-state index contributed by atoms with van der Waals surface area (Å²) in [6, 6.07) is 0. The molecule has 0 aromatic rings. The SMILES string of the molecule is CCC(C)CCCCCCCCCCCCC(=O)O[C@H](COC(=O)CCCCCCCCCCCCCC(C)C)COP(=O)(O)OC[C@@H](O)COP(=O)(O)OC[C@@H](COC(=O)CCCCCCCCC(C)C)OC(=O)CCCCCCCCC(C)C. The summed E-state index contributed by atoms with van der Waals surface area (Å²) in [4.78, 5) is 72.3. The summed E-state index contributed by atoms with van der Waals surface area (Å²) in [7, 11) is -9.89. The zero-order chi connectivity index (χ0) is 63.9. The number of hydrogen-bond donors (Lipinski definition) is 3. The maximum atomic E-state index is 13.0. The molecule has 0 fully saturated rings. The Morgan fingerprint density at radius 1 is 0.326 bits per heavy atom. The third-order valence-electron chi connectivity index (χ3n) is 15.7. The zero-order valence-electron chi connectivity index (χ0n) is 55.9. The molecular formula is C67H130O17P2. The molecule has 510 valence electrons. The fourth-order valence-electron chi connectivity index (χ4n) is 9.93. The molecule has 0 spiro atoms. The van der Waals surface area contributed by atoms with E-state index in [0.717, 1.165) is 108 Å². The van der Waals surface area contributed by atoms with Crippen molar-refractivity contribution in [3.05, 3.63) is 0 Å². The number of phosphoric acid groups is 2. The minimum absolute atomic E-state index is 0.100. The van der Waals surface area contributed by atoms with Crippen LogP contribution in [0.2, 0.25) is 0 Å². The third kappa shape index (κ3) is 59.7. The van der Waals surface area contributed by atoms with Gasteiger partial charge in [0, 0.05) is 25.7 Å². The lowest BCUT2D eigenvalue weighted by Crippen LogP contribution is -2.30. The summed E-state index contributed by atoms with van der Waals surface area (Å²) in [5.74, 6) is 0.784. The van der Waals surface area contributed by atoms with Crippen LogP contribution < -0.4 is 0 Å². The Morgan fingerprint density at radius 2 is 0.558 bits per heavy atom. The Kier molecular flexibility index (Phi) is 55.7. The van der Waals surface area contributed by atoms with Crippen molar-refractivity contribution in [2.75, 3.05) is 39.6 Å². The number of ether oxygens (including phenoxy) is 4. The van der Waals surface area contributed by atoms with Gasteiger partial charge in [-0.15, -0.1) is 0 Å². The maximum absolute atomic E-state index is 13.0. The van der Waals surface area contributed by atoms with Crippen LogP contribution in [-0.2, 0) is 65.4 Å². The van der Waals surface area contributed by atoms with Gasteiger partial charge < -0.3 is 33.8 Å². The highest BCUT2D eigenvalue weighted by molar-refractivity contribution is 7.47. The predicted octanol–water partition coefficient (Wildman–Crippen LogP) is 18.5. The lowest BCUT2D eigenvalue weighted by Gasteiger charge is -2.21. The van der Waals surface area contributed by atoms with E-state index in [1.54, 1.807) is 0 Å². The molecule has 0 amide bonds. The van der Waals surface area contributed by atoms with Crippen LogP contribution in [0.15, 0.2) is 0 Å². The van der Waals surface area contributed by atoms with Crippen LogP contribution in [0.4, 0.5) is 0 Å². The molecule has 0 aromatic heterocycles. The molecule has 0 aliphatic rings. The van der Waals surface area contributed by atoms with E-state index in [2.05, 4.69) is 55.4 Å². The van der Waals surface area contributed by atoms with E-state index in [-0.39, 0.29) is 25.7 Å². The first-order valence-electron chi connectivity index (χ1n) is 34.7. The standard InChI is InChI=1S/C67H130O17P2/c1-9-60(8)46-38-30-20-16-13-14-18-22-33-41-49-66(71)83-62(53-77-64(69)47-39-31-21-17-12-10-11-15-19-27-35-43-57(2)3)55-81-85(73,74)79-51-61(68)52-80-86(75,76)82-56-63(84-67(72)50-42-34-26-24-29-37-45-59(6)7)54-78-65(70)48-40-32-25-23-28-36-44-58(4)5/h57-63,68H,9-56H2,1-8H3,(H,73,74)(H,75,76)/t60?,61-,62-,63-/m1/s1. The van der Waals surface area contributed by atoms with Crippen molar-refractivity contribution in [2.24, 2.45) is 23.7 Å². The fourth-order valence-corrected chi connectivity index (χ4v) is 11.5. The lowest BCUT2D eigenvalue weighted by molar-refractivity contribution is -0.161. The molecular weight excluding hydrogens is 1140 g/mol. The first kappa shape index (κ1) is 84.1. The van der Waals surface area contributed by atoms with Crippen LogP contribution in [0.3, 0.4) is 0 Å². The number of carbonyl (C=O) groups excluding carboxylic acids is 4. The quantitative estimate of drug-likeness (QED) is 0.0222. The Morgan fingerprint density at radius 3 is 0.826 bits per heavy atom. The number of rotatable bonds is 64. The van der Waals surface area contributed by atoms with Gasteiger partial charge in [-0.2, -0.15) is 0 Å². The summed E-state index contributed by atoms with van der Waals surface area (Å²) >= 11 is 0. The highest BCUT2D eigenvalue weighted by Gasteiger charge is 2.30. The van der Waals surface area contributed by atoms with Crippen LogP contribution >= 0.6 is 15.6 Å². The van der Waals surface area contributed by atoms with E-state index in [4.69, 9.17) is 37.0 Å². The van der Waals surface area contributed by atoms with Crippen LogP contribution in [0, 0.1) is 23.7 Å². The molecule has 17 nitrogen and oxygen atoms in total. The number of esters is 4. The second-order valence-corrected chi connectivity index (χ2v) is 28.8. The van der Waals surface area contributed by atoms with Crippen LogP contribution in [0.25, 0.3) is 0 Å². The lowest BCUT2D eigenvalue weighted by atomic mass is 9.99. The van der Waals surface area contributed by atoms with Gasteiger partial charge in [0.2, 0.25) is 0 Å². The number of unbranched alkanes of at least 4 members (excludes halogenated alkanes) is 29. The average Bonchev–Trinajstić information content (AvgIpc) is 3.56. The monoisotopic (exact) mass is 1270 g/mol. The molecule has 3 unspecified atom stereocenters. The number of phosphoric ester groups is 2. The van der Waals surface area contributed by atoms with Crippen molar-refractivity contribution in [1.29, 1.82) is 0 Å². The van der Waals surface area contributed by atoms with Gasteiger partial charge in [0.15, 0.2) is 12.2 Å². The zero-order valence-corrected chi connectivity index (χ0v) is 57.7. The highest BCUT2D eigenvalue weighted by Crippen LogP contribution is 2.45. The van der Waals surface area contributed by atoms with Crippen molar-refractivity contribution in [3.63, 3.8) is 0 Å². The topological polar surface area (TPSA) is 237 Å². The molecule has 0 bridgehead atoms. The molecule has 0 radical (unpaired) electrons. The second-order valence-electron chi connectivity index (χ2n) is 25.9.